The highest BCUT2D eigenvalue weighted by atomic mass is 35.5. The highest BCUT2D eigenvalue weighted by Gasteiger charge is 2.47. The molecule has 20 heavy (non-hydrogen) atoms. The predicted molar refractivity (Wildman–Crippen MR) is 76.3 cm³/mol. The summed E-state index contributed by atoms with van der Waals surface area (Å²) in [4.78, 5) is 28.0. The normalized spacial score (nSPS) is 26.2. The third kappa shape index (κ3) is 2.38. The van der Waals surface area contributed by atoms with Gasteiger partial charge in [0.1, 0.15) is 5.60 Å². The Balaban J connectivity index is 1.76. The molecule has 3 heterocycles. The fourth-order valence-electron chi connectivity index (χ4n) is 2.86. The van der Waals surface area contributed by atoms with E-state index >= 15 is 0 Å². The van der Waals surface area contributed by atoms with E-state index in [-0.39, 0.29) is 12.0 Å². The lowest BCUT2D eigenvalue weighted by Gasteiger charge is -2.38. The lowest BCUT2D eigenvalue weighted by molar-refractivity contribution is -0.00504. The van der Waals surface area contributed by atoms with Crippen LogP contribution in [0.2, 0.25) is 4.34 Å². The van der Waals surface area contributed by atoms with Gasteiger partial charge in [-0.15, -0.1) is 11.3 Å². The van der Waals surface area contributed by atoms with Crippen LogP contribution in [-0.4, -0.2) is 54.1 Å². The van der Waals surface area contributed by atoms with Gasteiger partial charge in [0.15, 0.2) is 0 Å². The van der Waals surface area contributed by atoms with Gasteiger partial charge in [-0.05, 0) is 25.0 Å². The maximum absolute atomic E-state index is 12.4. The molecule has 0 saturated carbocycles. The Hall–Kier alpha value is -1.27. The second kappa shape index (κ2) is 4.93. The maximum atomic E-state index is 12.4. The van der Waals surface area contributed by atoms with Gasteiger partial charge in [-0.25, -0.2) is 4.79 Å². The van der Waals surface area contributed by atoms with Crippen molar-refractivity contribution in [2.75, 3.05) is 26.7 Å². The van der Waals surface area contributed by atoms with Gasteiger partial charge in [0.05, 0.1) is 22.3 Å². The van der Waals surface area contributed by atoms with Crippen molar-refractivity contribution in [1.82, 2.24) is 9.80 Å². The molecule has 0 radical (unpaired) electrons. The molecule has 7 heteroatoms. The molecule has 0 unspecified atom stereocenters. The van der Waals surface area contributed by atoms with E-state index < -0.39 is 5.60 Å². The number of carbonyl (C=O) groups is 2. The fraction of sp³-hybridized carbons (Fsp3) is 0.538. The molecule has 5 nitrogen and oxygen atoms in total. The van der Waals surface area contributed by atoms with Crippen LogP contribution >= 0.6 is 22.9 Å². The lowest BCUT2D eigenvalue weighted by Crippen LogP contribution is -2.52. The Bertz CT molecular complexity index is 562. The van der Waals surface area contributed by atoms with Gasteiger partial charge in [0, 0.05) is 13.6 Å². The maximum Gasteiger partial charge on any atom is 0.410 e. The molecule has 1 aromatic heterocycles. The third-order valence-electron chi connectivity index (χ3n) is 3.75. The zero-order chi connectivity index (χ0) is 14.3. The Morgan fingerprint density at radius 2 is 2.25 bits per heavy atom. The molecule has 2 saturated heterocycles. The van der Waals surface area contributed by atoms with E-state index in [0.29, 0.717) is 28.8 Å². The summed E-state index contributed by atoms with van der Waals surface area (Å²) >= 11 is 7.15. The number of ether oxygens (including phenoxy) is 1. The van der Waals surface area contributed by atoms with Crippen LogP contribution in [0, 0.1) is 0 Å². The first-order chi connectivity index (χ1) is 9.49. The summed E-state index contributed by atoms with van der Waals surface area (Å²) < 4.78 is 6.10. The first-order valence-electron chi connectivity index (χ1n) is 6.48. The summed E-state index contributed by atoms with van der Waals surface area (Å²) in [6.45, 7) is 1.69. The van der Waals surface area contributed by atoms with Gasteiger partial charge in [-0.1, -0.05) is 11.6 Å². The van der Waals surface area contributed by atoms with Crippen LogP contribution in [-0.2, 0) is 4.74 Å². The number of rotatable bonds is 1. The highest BCUT2D eigenvalue weighted by molar-refractivity contribution is 7.17. The minimum absolute atomic E-state index is 0.0356. The Labute approximate surface area is 126 Å². The summed E-state index contributed by atoms with van der Waals surface area (Å²) in [5.41, 5.74) is -0.541. The zero-order valence-corrected chi connectivity index (χ0v) is 12.7. The number of likely N-dealkylation sites (tertiary alicyclic amines) is 1. The van der Waals surface area contributed by atoms with Crippen molar-refractivity contribution in [3.8, 4) is 0 Å². The van der Waals surface area contributed by atoms with Gasteiger partial charge in [0.25, 0.3) is 5.91 Å². The van der Waals surface area contributed by atoms with Crippen molar-refractivity contribution >= 4 is 34.9 Å². The average Bonchev–Trinajstić information content (AvgIpc) is 2.94. The fourth-order valence-corrected chi connectivity index (χ4v) is 3.87. The minimum Gasteiger partial charge on any atom is -0.439 e. The predicted octanol–water partition coefficient (Wildman–Crippen LogP) is 2.46. The molecule has 1 aromatic rings. The van der Waals surface area contributed by atoms with Crippen molar-refractivity contribution in [2.45, 2.75) is 18.4 Å². The van der Waals surface area contributed by atoms with Crippen molar-refractivity contribution in [2.24, 2.45) is 0 Å². The first kappa shape index (κ1) is 13.7. The monoisotopic (exact) mass is 314 g/mol. The Morgan fingerprint density at radius 1 is 1.45 bits per heavy atom. The molecule has 0 aromatic carbocycles. The summed E-state index contributed by atoms with van der Waals surface area (Å²) in [6, 6.07) is 3.46. The Kier molecular flexibility index (Phi) is 3.38. The molecule has 0 aliphatic carbocycles. The van der Waals surface area contributed by atoms with Crippen molar-refractivity contribution in [1.29, 1.82) is 0 Å². The van der Waals surface area contributed by atoms with Crippen LogP contribution in [0.3, 0.4) is 0 Å². The van der Waals surface area contributed by atoms with E-state index in [1.165, 1.54) is 11.3 Å². The van der Waals surface area contributed by atoms with Gasteiger partial charge in [-0.2, -0.15) is 0 Å². The SMILES string of the molecule is CN1C[C@@]2(CCCN(C(=O)c3ccc(Cl)s3)C2)OC1=O. The topological polar surface area (TPSA) is 49.9 Å². The second-order valence-electron chi connectivity index (χ2n) is 5.34. The quantitative estimate of drug-likeness (QED) is 0.800. The first-order valence-corrected chi connectivity index (χ1v) is 7.67. The average molecular weight is 315 g/mol. The standard InChI is InChI=1S/C13H15ClN2O3S/c1-15-7-13(19-12(15)18)5-2-6-16(8-13)11(17)9-3-4-10(14)20-9/h3-4H,2,5-8H2,1H3/t13-/m1/s1. The molecule has 2 amide bonds. The van der Waals surface area contributed by atoms with E-state index in [9.17, 15) is 9.59 Å². The highest BCUT2D eigenvalue weighted by Crippen LogP contribution is 2.32. The Morgan fingerprint density at radius 3 is 2.85 bits per heavy atom. The van der Waals surface area contributed by atoms with E-state index in [0.717, 1.165) is 12.8 Å². The van der Waals surface area contributed by atoms with E-state index in [1.807, 2.05) is 0 Å². The van der Waals surface area contributed by atoms with Crippen LogP contribution in [0.5, 0.6) is 0 Å². The largest absolute Gasteiger partial charge is 0.439 e. The molecule has 1 spiro atoms. The smallest absolute Gasteiger partial charge is 0.410 e. The number of likely N-dealkylation sites (N-methyl/N-ethyl adjacent to an activating group) is 1. The van der Waals surface area contributed by atoms with Crippen LogP contribution in [0.1, 0.15) is 22.5 Å². The molecule has 0 N–H and O–H groups in total. The van der Waals surface area contributed by atoms with E-state index in [1.54, 1.807) is 29.0 Å². The summed E-state index contributed by atoms with van der Waals surface area (Å²) in [7, 11) is 1.72. The number of halogens is 1. The van der Waals surface area contributed by atoms with Crippen LogP contribution in [0.15, 0.2) is 12.1 Å². The second-order valence-corrected chi connectivity index (χ2v) is 7.06. The lowest BCUT2D eigenvalue weighted by atomic mass is 9.92. The molecule has 108 valence electrons. The third-order valence-corrected chi connectivity index (χ3v) is 4.97. The van der Waals surface area contributed by atoms with E-state index in [2.05, 4.69) is 0 Å². The number of amides is 2. The number of hydrogen-bond acceptors (Lipinski definition) is 4. The molecule has 2 aliphatic heterocycles. The molecular weight excluding hydrogens is 300 g/mol. The summed E-state index contributed by atoms with van der Waals surface area (Å²) in [5.74, 6) is -0.0356. The minimum atomic E-state index is -0.541. The molecular formula is C13H15ClN2O3S. The number of piperidine rings is 1. The van der Waals surface area contributed by atoms with Gasteiger partial charge < -0.3 is 14.5 Å². The number of thiophene rings is 1. The van der Waals surface area contributed by atoms with Crippen molar-refractivity contribution in [3.05, 3.63) is 21.3 Å². The number of hydrogen-bond donors (Lipinski definition) is 0. The van der Waals surface area contributed by atoms with Gasteiger partial charge in [0.2, 0.25) is 0 Å². The molecule has 2 fully saturated rings. The number of nitrogens with zero attached hydrogens (tertiary/aromatic N) is 2. The van der Waals surface area contributed by atoms with Crippen LogP contribution in [0.4, 0.5) is 4.79 Å². The van der Waals surface area contributed by atoms with Crippen molar-refractivity contribution in [3.63, 3.8) is 0 Å². The zero-order valence-electron chi connectivity index (χ0n) is 11.1. The van der Waals surface area contributed by atoms with Gasteiger partial charge in [-0.3, -0.25) is 4.79 Å². The van der Waals surface area contributed by atoms with Crippen molar-refractivity contribution < 1.29 is 14.3 Å². The summed E-state index contributed by atoms with van der Waals surface area (Å²) in [6.07, 6.45) is 1.34. The summed E-state index contributed by atoms with van der Waals surface area (Å²) in [5, 5.41) is 0. The van der Waals surface area contributed by atoms with Crippen LogP contribution in [0.25, 0.3) is 0 Å². The van der Waals surface area contributed by atoms with Gasteiger partial charge >= 0.3 is 6.09 Å². The molecule has 1 atom stereocenters. The molecule has 0 bridgehead atoms. The number of carbonyl (C=O) groups excluding carboxylic acids is 2. The molecule has 2 aliphatic rings. The molecule has 3 rings (SSSR count). The van der Waals surface area contributed by atoms with Crippen LogP contribution < -0.4 is 0 Å². The van der Waals surface area contributed by atoms with E-state index in [4.69, 9.17) is 16.3 Å².